The maximum Gasteiger partial charge on any atom is 0.0585 e. The third-order valence-electron chi connectivity index (χ3n) is 3.82. The van der Waals surface area contributed by atoms with E-state index in [9.17, 15) is 0 Å². The lowest BCUT2D eigenvalue weighted by Crippen LogP contribution is -2.58. The summed E-state index contributed by atoms with van der Waals surface area (Å²) in [5.74, 6) is 0. The molecule has 0 aliphatic carbocycles. The summed E-state index contributed by atoms with van der Waals surface area (Å²) in [5, 5.41) is 12.2. The van der Waals surface area contributed by atoms with Gasteiger partial charge in [0, 0.05) is 31.2 Å². The van der Waals surface area contributed by atoms with E-state index in [2.05, 4.69) is 36.0 Å². The molecule has 1 unspecified atom stereocenters. The Morgan fingerprint density at radius 2 is 2.06 bits per heavy atom. The maximum absolute atomic E-state index is 9.11. The van der Waals surface area contributed by atoms with Gasteiger partial charge in [-0.25, -0.2) is 0 Å². The Kier molecular flexibility index (Phi) is 5.18. The van der Waals surface area contributed by atoms with E-state index < -0.39 is 0 Å². The van der Waals surface area contributed by atoms with Crippen molar-refractivity contribution in [3.8, 4) is 0 Å². The van der Waals surface area contributed by atoms with Crippen molar-refractivity contribution in [3.63, 3.8) is 0 Å². The van der Waals surface area contributed by atoms with Crippen LogP contribution >= 0.6 is 0 Å². The fourth-order valence-corrected chi connectivity index (χ4v) is 2.20. The SMILES string of the molecule is CNC(CO)CCN1CCN(C)C(C)(C)C1. The molecule has 0 aromatic heterocycles. The minimum absolute atomic E-state index is 0.230. The van der Waals surface area contributed by atoms with Gasteiger partial charge in [-0.1, -0.05) is 0 Å². The lowest BCUT2D eigenvalue weighted by atomic mass is 9.99. The molecular formula is C12H27N3O. The molecule has 0 spiro atoms. The molecule has 2 N–H and O–H groups in total. The van der Waals surface area contributed by atoms with Crippen molar-refractivity contribution in [3.05, 3.63) is 0 Å². The molecule has 1 saturated heterocycles. The summed E-state index contributed by atoms with van der Waals surface area (Å²) in [6, 6.07) is 0.239. The maximum atomic E-state index is 9.11. The molecule has 1 rings (SSSR count). The monoisotopic (exact) mass is 229 g/mol. The van der Waals surface area contributed by atoms with E-state index in [1.807, 2.05) is 7.05 Å². The van der Waals surface area contributed by atoms with Gasteiger partial charge in [0.1, 0.15) is 0 Å². The van der Waals surface area contributed by atoms with Gasteiger partial charge in [0.15, 0.2) is 0 Å². The fourth-order valence-electron chi connectivity index (χ4n) is 2.20. The third-order valence-corrected chi connectivity index (χ3v) is 3.82. The van der Waals surface area contributed by atoms with Crippen LogP contribution in [0.1, 0.15) is 20.3 Å². The summed E-state index contributed by atoms with van der Waals surface area (Å²) in [6.45, 7) is 9.28. The van der Waals surface area contributed by atoms with Gasteiger partial charge in [-0.2, -0.15) is 0 Å². The van der Waals surface area contributed by atoms with Gasteiger partial charge >= 0.3 is 0 Å². The molecule has 1 atom stereocenters. The van der Waals surface area contributed by atoms with E-state index in [-0.39, 0.29) is 18.2 Å². The van der Waals surface area contributed by atoms with Gasteiger partial charge < -0.3 is 15.3 Å². The first-order valence-corrected chi connectivity index (χ1v) is 6.21. The van der Waals surface area contributed by atoms with E-state index in [1.54, 1.807) is 0 Å². The summed E-state index contributed by atoms with van der Waals surface area (Å²) in [7, 11) is 4.11. The third kappa shape index (κ3) is 3.70. The minimum Gasteiger partial charge on any atom is -0.395 e. The second-order valence-electron chi connectivity index (χ2n) is 5.47. The van der Waals surface area contributed by atoms with Crippen LogP contribution in [0.2, 0.25) is 0 Å². The molecule has 96 valence electrons. The van der Waals surface area contributed by atoms with E-state index >= 15 is 0 Å². The number of nitrogens with one attached hydrogen (secondary N) is 1. The molecule has 1 heterocycles. The van der Waals surface area contributed by atoms with Crippen LogP contribution in [0, 0.1) is 0 Å². The highest BCUT2D eigenvalue weighted by Crippen LogP contribution is 2.18. The van der Waals surface area contributed by atoms with Crippen molar-refractivity contribution in [1.29, 1.82) is 0 Å². The molecule has 1 aliphatic heterocycles. The van der Waals surface area contributed by atoms with Gasteiger partial charge in [0.25, 0.3) is 0 Å². The van der Waals surface area contributed by atoms with Crippen LogP contribution in [-0.4, -0.2) is 73.4 Å². The first-order chi connectivity index (χ1) is 7.49. The van der Waals surface area contributed by atoms with Gasteiger partial charge in [-0.3, -0.25) is 4.90 Å². The molecule has 0 radical (unpaired) electrons. The molecular weight excluding hydrogens is 202 g/mol. The number of hydrogen-bond donors (Lipinski definition) is 2. The number of piperazine rings is 1. The largest absolute Gasteiger partial charge is 0.395 e. The molecule has 0 saturated carbocycles. The second-order valence-corrected chi connectivity index (χ2v) is 5.47. The predicted octanol–water partition coefficient (Wildman–Crippen LogP) is -0.0172. The first-order valence-electron chi connectivity index (χ1n) is 6.21. The summed E-state index contributed by atoms with van der Waals surface area (Å²) < 4.78 is 0. The Morgan fingerprint density at radius 3 is 2.56 bits per heavy atom. The van der Waals surface area contributed by atoms with Crippen molar-refractivity contribution in [1.82, 2.24) is 15.1 Å². The van der Waals surface area contributed by atoms with Crippen molar-refractivity contribution >= 4 is 0 Å². The smallest absolute Gasteiger partial charge is 0.0585 e. The van der Waals surface area contributed by atoms with Crippen molar-refractivity contribution in [2.45, 2.75) is 31.8 Å². The zero-order valence-corrected chi connectivity index (χ0v) is 11.2. The molecule has 1 aliphatic rings. The number of aliphatic hydroxyl groups excluding tert-OH is 1. The van der Waals surface area contributed by atoms with Gasteiger partial charge in [-0.05, 0) is 40.9 Å². The van der Waals surface area contributed by atoms with Crippen LogP contribution in [0.4, 0.5) is 0 Å². The summed E-state index contributed by atoms with van der Waals surface area (Å²) in [4.78, 5) is 4.92. The molecule has 0 aromatic rings. The lowest BCUT2D eigenvalue weighted by Gasteiger charge is -2.45. The Labute approximate surface area is 99.6 Å². The highest BCUT2D eigenvalue weighted by atomic mass is 16.3. The van der Waals surface area contributed by atoms with Gasteiger partial charge in [0.05, 0.1) is 6.61 Å². The normalized spacial score (nSPS) is 24.6. The van der Waals surface area contributed by atoms with E-state index in [0.29, 0.717) is 0 Å². The molecule has 1 fully saturated rings. The zero-order chi connectivity index (χ0) is 12.2. The Balaban J connectivity index is 2.34. The van der Waals surface area contributed by atoms with Crippen molar-refractivity contribution in [2.24, 2.45) is 0 Å². The average molecular weight is 229 g/mol. The number of hydrogen-bond acceptors (Lipinski definition) is 4. The minimum atomic E-state index is 0.230. The van der Waals surface area contributed by atoms with Gasteiger partial charge in [0.2, 0.25) is 0 Å². The standard InChI is InChI=1S/C12H27N3O/c1-12(2)10-15(8-7-14(12)4)6-5-11(9-16)13-3/h11,13,16H,5-10H2,1-4H3. The van der Waals surface area contributed by atoms with Crippen LogP contribution in [-0.2, 0) is 0 Å². The Hall–Kier alpha value is -0.160. The fraction of sp³-hybridized carbons (Fsp3) is 1.00. The van der Waals surface area contributed by atoms with Crippen LogP contribution < -0.4 is 5.32 Å². The lowest BCUT2D eigenvalue weighted by molar-refractivity contribution is 0.0372. The molecule has 4 heteroatoms. The number of likely N-dealkylation sites (N-methyl/N-ethyl adjacent to an activating group) is 2. The van der Waals surface area contributed by atoms with E-state index in [4.69, 9.17) is 5.11 Å². The zero-order valence-electron chi connectivity index (χ0n) is 11.2. The Morgan fingerprint density at radius 1 is 1.38 bits per heavy atom. The summed E-state index contributed by atoms with van der Waals surface area (Å²) in [6.07, 6.45) is 1.02. The second kappa shape index (κ2) is 5.96. The first kappa shape index (κ1) is 13.9. The highest BCUT2D eigenvalue weighted by molar-refractivity contribution is 4.88. The number of aliphatic hydroxyl groups is 1. The quantitative estimate of drug-likeness (QED) is 0.695. The van der Waals surface area contributed by atoms with Crippen molar-refractivity contribution < 1.29 is 5.11 Å². The average Bonchev–Trinajstić information content (AvgIpc) is 2.24. The van der Waals surface area contributed by atoms with E-state index in [0.717, 1.165) is 32.6 Å². The molecule has 4 nitrogen and oxygen atoms in total. The highest BCUT2D eigenvalue weighted by Gasteiger charge is 2.30. The number of rotatable bonds is 5. The molecule has 0 amide bonds. The van der Waals surface area contributed by atoms with Crippen LogP contribution in [0.3, 0.4) is 0 Å². The molecule has 0 aromatic carbocycles. The van der Waals surface area contributed by atoms with Crippen LogP contribution in [0.15, 0.2) is 0 Å². The summed E-state index contributed by atoms with van der Waals surface area (Å²) >= 11 is 0. The van der Waals surface area contributed by atoms with Crippen LogP contribution in [0.25, 0.3) is 0 Å². The molecule has 16 heavy (non-hydrogen) atoms. The van der Waals surface area contributed by atoms with E-state index in [1.165, 1.54) is 0 Å². The number of nitrogens with zero attached hydrogens (tertiary/aromatic N) is 2. The van der Waals surface area contributed by atoms with Crippen molar-refractivity contribution in [2.75, 3.05) is 46.9 Å². The topological polar surface area (TPSA) is 38.7 Å². The van der Waals surface area contributed by atoms with Crippen LogP contribution in [0.5, 0.6) is 0 Å². The molecule has 0 bridgehead atoms. The predicted molar refractivity (Wildman–Crippen MR) is 67.7 cm³/mol. The van der Waals surface area contributed by atoms with Gasteiger partial charge in [-0.15, -0.1) is 0 Å². The Bertz CT molecular complexity index is 204. The summed E-state index contributed by atoms with van der Waals surface area (Å²) in [5.41, 5.74) is 0.270.